The summed E-state index contributed by atoms with van der Waals surface area (Å²) in [4.78, 5) is 22.0. The Morgan fingerprint density at radius 1 is 1.21 bits per heavy atom. The largest absolute Gasteiger partial charge is 0.481 e. The van der Waals surface area contributed by atoms with Crippen LogP contribution >= 0.6 is 11.8 Å². The van der Waals surface area contributed by atoms with Crippen LogP contribution in [-0.2, 0) is 19.4 Å². The molecule has 2 amide bonds. The molecule has 0 bridgehead atoms. The number of hydroxylamine groups is 1. The van der Waals surface area contributed by atoms with Crippen LogP contribution in [0.25, 0.3) is 0 Å². The van der Waals surface area contributed by atoms with Crippen LogP contribution in [0.5, 0.6) is 5.75 Å². The fourth-order valence-corrected chi connectivity index (χ4v) is 7.04. The van der Waals surface area contributed by atoms with Gasteiger partial charge in [-0.3, -0.25) is 15.3 Å². The number of carbonyl (C=O) groups is 2. The van der Waals surface area contributed by atoms with Crippen LogP contribution in [0.2, 0.25) is 0 Å². The number of hydrogen-bond acceptors (Lipinski definition) is 9. The van der Waals surface area contributed by atoms with E-state index in [1.54, 1.807) is 34.6 Å². The fourth-order valence-electron chi connectivity index (χ4n) is 3.38. The number of hydrogen-bond donors (Lipinski definition) is 4. The highest BCUT2D eigenvalue weighted by atomic mass is 32.2. The minimum Gasteiger partial charge on any atom is -0.481 e. The Kier molecular flexibility index (Phi) is 8.87. The molecule has 1 aromatic rings. The molecule has 188 valence electrons. The molecule has 1 unspecified atom stereocenters. The standard InChI is InChI=1S/C22H31N3O7S2/c1-20(2,3)32-19(27)23-12-6-7-14-31-16-8-10-17(11-9-16)34(29,30)22(18(26)25-28)21(4,5)33-15-13-24-22/h8-11,24,28H,12-15H2,1-5H3,(H,23,27)(H,25,26). The summed E-state index contributed by atoms with van der Waals surface area (Å²) in [6, 6.07) is 5.60. The summed E-state index contributed by atoms with van der Waals surface area (Å²) in [6.45, 7) is 8.95. The van der Waals surface area contributed by atoms with Gasteiger partial charge in [-0.1, -0.05) is 11.8 Å². The maximum Gasteiger partial charge on any atom is 0.408 e. The van der Waals surface area contributed by atoms with Crippen molar-refractivity contribution in [2.45, 2.75) is 54.7 Å². The molecule has 0 saturated carbocycles. The molecule has 12 heteroatoms. The van der Waals surface area contributed by atoms with Crippen molar-refractivity contribution in [2.75, 3.05) is 25.4 Å². The van der Waals surface area contributed by atoms with E-state index in [9.17, 15) is 23.2 Å². The zero-order valence-corrected chi connectivity index (χ0v) is 21.5. The average molecular weight is 514 g/mol. The van der Waals surface area contributed by atoms with Gasteiger partial charge in [0, 0.05) is 12.3 Å². The minimum atomic E-state index is -4.25. The van der Waals surface area contributed by atoms with Crippen LogP contribution in [-0.4, -0.2) is 66.3 Å². The second kappa shape index (κ2) is 10.9. The Morgan fingerprint density at radius 2 is 1.85 bits per heavy atom. The minimum absolute atomic E-state index is 0.0180. The highest BCUT2D eigenvalue weighted by Gasteiger charge is 2.62. The predicted molar refractivity (Wildman–Crippen MR) is 128 cm³/mol. The molecule has 10 nitrogen and oxygen atoms in total. The first-order valence-electron chi connectivity index (χ1n) is 10.5. The first-order chi connectivity index (χ1) is 15.8. The number of alkyl carbamates (subject to hydrolysis) is 1. The highest BCUT2D eigenvalue weighted by Crippen LogP contribution is 2.44. The van der Waals surface area contributed by atoms with Gasteiger partial charge in [0.25, 0.3) is 5.91 Å². The zero-order valence-electron chi connectivity index (χ0n) is 19.9. The van der Waals surface area contributed by atoms with E-state index in [0.29, 0.717) is 11.5 Å². The topological polar surface area (TPSA) is 143 Å². The summed E-state index contributed by atoms with van der Waals surface area (Å²) in [5, 5.41) is 14.6. The summed E-state index contributed by atoms with van der Waals surface area (Å²) in [6.07, 6.45) is -0.568. The Bertz CT molecular complexity index is 1050. The van der Waals surface area contributed by atoms with Crippen LogP contribution in [0.15, 0.2) is 29.2 Å². The number of sulfone groups is 1. The van der Waals surface area contributed by atoms with Gasteiger partial charge >= 0.3 is 6.09 Å². The molecule has 1 atom stereocenters. The fraction of sp³-hybridized carbons (Fsp3) is 0.545. The molecule has 1 heterocycles. The number of thioether (sulfide) groups is 1. The van der Waals surface area contributed by atoms with E-state index in [-0.39, 0.29) is 24.6 Å². The molecule has 0 aromatic heterocycles. The Morgan fingerprint density at radius 3 is 2.41 bits per heavy atom. The number of benzene rings is 1. The molecule has 0 aliphatic carbocycles. The molecule has 2 rings (SSSR count). The van der Waals surface area contributed by atoms with Gasteiger partial charge in [-0.2, -0.15) is 11.8 Å². The summed E-state index contributed by atoms with van der Waals surface area (Å²) in [7, 11) is -4.25. The summed E-state index contributed by atoms with van der Waals surface area (Å²) in [5.41, 5.74) is 0.919. The predicted octanol–water partition coefficient (Wildman–Crippen LogP) is 1.68. The van der Waals surface area contributed by atoms with Crippen LogP contribution < -0.4 is 20.9 Å². The van der Waals surface area contributed by atoms with Crippen molar-refractivity contribution in [1.82, 2.24) is 16.1 Å². The van der Waals surface area contributed by atoms with Crippen LogP contribution in [0, 0.1) is 11.8 Å². The van der Waals surface area contributed by atoms with Crippen molar-refractivity contribution in [3.05, 3.63) is 24.3 Å². The SMILES string of the molecule is CC(C)(C)OC(=O)NCC#CCOc1ccc(S(=O)(=O)C2(C(=O)NO)NCCSC2(C)C)cc1. The Balaban J connectivity index is 2.06. The number of rotatable bonds is 6. The summed E-state index contributed by atoms with van der Waals surface area (Å²) < 4.78 is 36.6. The Hall–Kier alpha value is -2.46. The lowest BCUT2D eigenvalue weighted by Crippen LogP contribution is -2.73. The van der Waals surface area contributed by atoms with E-state index in [0.717, 1.165) is 0 Å². The number of ether oxygens (including phenoxy) is 2. The van der Waals surface area contributed by atoms with Crippen molar-refractivity contribution in [1.29, 1.82) is 0 Å². The van der Waals surface area contributed by atoms with Gasteiger partial charge in [0.15, 0.2) is 0 Å². The van der Waals surface area contributed by atoms with Crippen molar-refractivity contribution in [3.8, 4) is 17.6 Å². The Labute approximate surface area is 204 Å². The molecule has 1 aromatic carbocycles. The third-order valence-corrected chi connectivity index (χ3v) is 9.01. The van der Waals surface area contributed by atoms with Gasteiger partial charge in [-0.25, -0.2) is 18.7 Å². The second-order valence-electron chi connectivity index (χ2n) is 8.88. The third-order valence-electron chi connectivity index (χ3n) is 4.90. The van der Waals surface area contributed by atoms with Gasteiger partial charge in [-0.05, 0) is 58.9 Å². The quantitative estimate of drug-likeness (QED) is 0.254. The van der Waals surface area contributed by atoms with E-state index < -0.39 is 37.1 Å². The zero-order chi connectivity index (χ0) is 25.6. The van der Waals surface area contributed by atoms with E-state index >= 15 is 0 Å². The first-order valence-corrected chi connectivity index (χ1v) is 13.0. The monoisotopic (exact) mass is 513 g/mol. The lowest BCUT2D eigenvalue weighted by Gasteiger charge is -2.47. The van der Waals surface area contributed by atoms with E-state index in [2.05, 4.69) is 22.5 Å². The maximum absolute atomic E-state index is 13.6. The molecule has 1 aliphatic heterocycles. The van der Waals surface area contributed by atoms with Crippen molar-refractivity contribution >= 4 is 33.6 Å². The summed E-state index contributed by atoms with van der Waals surface area (Å²) in [5.74, 6) is 5.40. The van der Waals surface area contributed by atoms with Crippen LogP contribution in [0.4, 0.5) is 4.79 Å². The molecule has 1 saturated heterocycles. The molecule has 1 fully saturated rings. The smallest absolute Gasteiger partial charge is 0.408 e. The van der Waals surface area contributed by atoms with Crippen LogP contribution in [0.1, 0.15) is 34.6 Å². The lowest BCUT2D eigenvalue weighted by molar-refractivity contribution is -0.133. The van der Waals surface area contributed by atoms with Gasteiger partial charge in [0.05, 0.1) is 16.2 Å². The number of nitrogens with one attached hydrogen (secondary N) is 3. The normalized spacial score (nSPS) is 19.8. The van der Waals surface area contributed by atoms with Gasteiger partial charge in [0.1, 0.15) is 18.0 Å². The molecule has 1 aliphatic rings. The molecule has 0 radical (unpaired) electrons. The second-order valence-corrected chi connectivity index (χ2v) is 12.7. The van der Waals surface area contributed by atoms with Gasteiger partial charge in [0.2, 0.25) is 14.7 Å². The molecule has 34 heavy (non-hydrogen) atoms. The van der Waals surface area contributed by atoms with Gasteiger partial charge in [-0.15, -0.1) is 0 Å². The molecular weight excluding hydrogens is 482 g/mol. The number of amides is 2. The number of carbonyl (C=O) groups excluding carboxylic acids is 2. The molecule has 4 N–H and O–H groups in total. The van der Waals surface area contributed by atoms with Gasteiger partial charge < -0.3 is 14.8 Å². The maximum atomic E-state index is 13.6. The van der Waals surface area contributed by atoms with E-state index in [1.165, 1.54) is 41.5 Å². The lowest BCUT2D eigenvalue weighted by atomic mass is 10.0. The van der Waals surface area contributed by atoms with E-state index in [1.807, 2.05) is 0 Å². The summed E-state index contributed by atoms with van der Waals surface area (Å²) >= 11 is 1.33. The molecule has 0 spiro atoms. The van der Waals surface area contributed by atoms with Crippen molar-refractivity contribution < 1.29 is 32.7 Å². The van der Waals surface area contributed by atoms with E-state index in [4.69, 9.17) is 9.47 Å². The van der Waals surface area contributed by atoms with Crippen LogP contribution in [0.3, 0.4) is 0 Å². The third kappa shape index (κ3) is 6.15. The average Bonchev–Trinajstić information content (AvgIpc) is 2.74. The first kappa shape index (κ1) is 27.8. The highest BCUT2D eigenvalue weighted by molar-refractivity contribution is 8.02. The molecular formula is C22H31N3O7S2. The van der Waals surface area contributed by atoms with Crippen molar-refractivity contribution in [2.24, 2.45) is 0 Å². The van der Waals surface area contributed by atoms with Crippen molar-refractivity contribution in [3.63, 3.8) is 0 Å².